The van der Waals surface area contributed by atoms with Crippen molar-refractivity contribution in [2.75, 3.05) is 0 Å². The van der Waals surface area contributed by atoms with Gasteiger partial charge in [-0.25, -0.2) is 4.39 Å². The fourth-order valence-corrected chi connectivity index (χ4v) is 1.02. The number of para-hydroxylation sites is 1. The summed E-state index contributed by atoms with van der Waals surface area (Å²) in [7, 11) is 0. The van der Waals surface area contributed by atoms with Crippen LogP contribution in [-0.2, 0) is 9.59 Å². The summed E-state index contributed by atoms with van der Waals surface area (Å²) in [4.78, 5) is 21.1. The Kier molecular flexibility index (Phi) is 3.38. The number of aryl methyl sites for hydroxylation is 1. The highest BCUT2D eigenvalue weighted by atomic mass is 19.1. The Bertz CT molecular complexity index is 380. The summed E-state index contributed by atoms with van der Waals surface area (Å²) in [5, 5.41) is 8.31. The third-order valence-electron chi connectivity index (χ3n) is 1.68. The second-order valence-electron chi connectivity index (χ2n) is 2.93. The van der Waals surface area contributed by atoms with Crippen molar-refractivity contribution in [2.24, 2.45) is 0 Å². The van der Waals surface area contributed by atoms with Gasteiger partial charge in [0.1, 0.15) is 6.42 Å². The van der Waals surface area contributed by atoms with E-state index in [1.165, 1.54) is 6.07 Å². The Balaban J connectivity index is 2.80. The van der Waals surface area contributed by atoms with E-state index in [2.05, 4.69) is 4.74 Å². The van der Waals surface area contributed by atoms with E-state index in [-0.39, 0.29) is 5.75 Å². The maximum Gasteiger partial charge on any atom is 0.322 e. The molecule has 0 aromatic heterocycles. The fourth-order valence-electron chi connectivity index (χ4n) is 1.02. The number of ether oxygens (including phenoxy) is 1. The first-order valence-electron chi connectivity index (χ1n) is 4.18. The summed E-state index contributed by atoms with van der Waals surface area (Å²) in [6.07, 6.45) is -0.784. The van der Waals surface area contributed by atoms with E-state index in [0.717, 1.165) is 6.07 Å². The summed E-state index contributed by atoms with van der Waals surface area (Å²) in [5.41, 5.74) is 0.439. The molecule has 4 nitrogen and oxygen atoms in total. The molecule has 1 N–H and O–H groups in total. The smallest absolute Gasteiger partial charge is 0.322 e. The maximum absolute atomic E-state index is 13.1. The van der Waals surface area contributed by atoms with Gasteiger partial charge in [-0.2, -0.15) is 0 Å². The van der Waals surface area contributed by atoms with Crippen LogP contribution in [0.2, 0.25) is 0 Å². The molecule has 1 aromatic carbocycles. The fraction of sp³-hybridized carbons (Fsp3) is 0.200. The minimum absolute atomic E-state index is 0.219. The highest BCUT2D eigenvalue weighted by Gasteiger charge is 2.14. The molecule has 1 aromatic rings. The number of aliphatic carboxylic acids is 1. The molecule has 0 amide bonds. The minimum Gasteiger partial charge on any atom is -0.481 e. The van der Waals surface area contributed by atoms with Crippen LogP contribution in [-0.4, -0.2) is 17.0 Å². The van der Waals surface area contributed by atoms with Crippen LogP contribution < -0.4 is 4.74 Å². The Morgan fingerprint density at radius 2 is 2.13 bits per heavy atom. The Morgan fingerprint density at radius 1 is 1.47 bits per heavy atom. The van der Waals surface area contributed by atoms with E-state index in [1.807, 2.05) is 0 Å². The predicted octanol–water partition coefficient (Wildman–Crippen LogP) is 1.51. The van der Waals surface area contributed by atoms with Gasteiger partial charge in [0.25, 0.3) is 0 Å². The molecule has 0 radical (unpaired) electrons. The number of benzene rings is 1. The lowest BCUT2D eigenvalue weighted by Crippen LogP contribution is -2.14. The number of carbonyl (C=O) groups excluding carboxylic acids is 1. The van der Waals surface area contributed by atoms with E-state index in [0.29, 0.717) is 5.56 Å². The standard InChI is InChI=1S/C10H9FO4/c1-6-3-2-4-7(11)10(6)15-9(14)5-8(12)13/h2-4H,5H2,1H3,(H,12,13). The number of carbonyl (C=O) groups is 2. The number of hydrogen-bond acceptors (Lipinski definition) is 3. The molecule has 0 unspecified atom stereocenters. The number of rotatable bonds is 3. The van der Waals surface area contributed by atoms with Crippen molar-refractivity contribution in [3.05, 3.63) is 29.6 Å². The molecular formula is C10H9FO4. The molecule has 0 aliphatic heterocycles. The minimum atomic E-state index is -1.31. The van der Waals surface area contributed by atoms with E-state index in [9.17, 15) is 14.0 Å². The molecule has 0 heterocycles. The van der Waals surface area contributed by atoms with E-state index >= 15 is 0 Å². The highest BCUT2D eigenvalue weighted by molar-refractivity contribution is 5.91. The van der Waals surface area contributed by atoms with Gasteiger partial charge in [0, 0.05) is 0 Å². The van der Waals surface area contributed by atoms with Gasteiger partial charge in [-0.15, -0.1) is 0 Å². The van der Waals surface area contributed by atoms with Crippen molar-refractivity contribution < 1.29 is 23.8 Å². The SMILES string of the molecule is Cc1cccc(F)c1OC(=O)CC(=O)O. The van der Waals surface area contributed by atoms with Gasteiger partial charge in [-0.3, -0.25) is 9.59 Å². The van der Waals surface area contributed by atoms with Crippen LogP contribution in [0.25, 0.3) is 0 Å². The summed E-state index contributed by atoms with van der Waals surface area (Å²) >= 11 is 0. The monoisotopic (exact) mass is 212 g/mol. The molecule has 80 valence electrons. The van der Waals surface area contributed by atoms with Crippen molar-refractivity contribution >= 4 is 11.9 Å². The number of carboxylic acids is 1. The molecule has 0 atom stereocenters. The van der Waals surface area contributed by atoms with Crippen LogP contribution >= 0.6 is 0 Å². The second-order valence-corrected chi connectivity index (χ2v) is 2.93. The summed E-state index contributed by atoms with van der Waals surface area (Å²) < 4.78 is 17.7. The normalized spacial score (nSPS) is 9.73. The largest absolute Gasteiger partial charge is 0.481 e. The summed E-state index contributed by atoms with van der Waals surface area (Å²) in [6.45, 7) is 1.56. The van der Waals surface area contributed by atoms with Gasteiger partial charge in [0.2, 0.25) is 0 Å². The lowest BCUT2D eigenvalue weighted by molar-refractivity contribution is -0.145. The third kappa shape index (κ3) is 3.05. The average molecular weight is 212 g/mol. The number of hydrogen-bond donors (Lipinski definition) is 1. The zero-order chi connectivity index (χ0) is 11.4. The van der Waals surface area contributed by atoms with Gasteiger partial charge in [0.05, 0.1) is 0 Å². The lowest BCUT2D eigenvalue weighted by atomic mass is 10.2. The van der Waals surface area contributed by atoms with Crippen LogP contribution in [0.5, 0.6) is 5.75 Å². The molecular weight excluding hydrogens is 203 g/mol. The molecule has 0 aliphatic rings. The Labute approximate surface area is 85.3 Å². The molecule has 5 heteroatoms. The van der Waals surface area contributed by atoms with E-state index < -0.39 is 24.2 Å². The van der Waals surface area contributed by atoms with E-state index in [4.69, 9.17) is 5.11 Å². The van der Waals surface area contributed by atoms with Crippen LogP contribution in [0.4, 0.5) is 4.39 Å². The summed E-state index contributed by atoms with van der Waals surface area (Å²) in [5.74, 6) is -3.21. The van der Waals surface area contributed by atoms with Crippen LogP contribution in [0, 0.1) is 12.7 Å². The topological polar surface area (TPSA) is 63.6 Å². The molecule has 0 spiro atoms. The zero-order valence-corrected chi connectivity index (χ0v) is 7.99. The molecule has 0 fully saturated rings. The Hall–Kier alpha value is -1.91. The number of halogens is 1. The van der Waals surface area contributed by atoms with Crippen LogP contribution in [0.15, 0.2) is 18.2 Å². The van der Waals surface area contributed by atoms with Crippen molar-refractivity contribution in [3.63, 3.8) is 0 Å². The maximum atomic E-state index is 13.1. The molecule has 0 aliphatic carbocycles. The first-order valence-corrected chi connectivity index (χ1v) is 4.18. The highest BCUT2D eigenvalue weighted by Crippen LogP contribution is 2.21. The summed E-state index contributed by atoms with van der Waals surface area (Å²) in [6, 6.07) is 4.17. The molecule has 0 saturated heterocycles. The van der Waals surface area contributed by atoms with Crippen molar-refractivity contribution in [1.82, 2.24) is 0 Å². The third-order valence-corrected chi connectivity index (χ3v) is 1.68. The van der Waals surface area contributed by atoms with Crippen LogP contribution in [0.3, 0.4) is 0 Å². The number of esters is 1. The predicted molar refractivity (Wildman–Crippen MR) is 49.0 cm³/mol. The number of carboxylic acid groups (broad SMARTS) is 1. The van der Waals surface area contributed by atoms with Gasteiger partial charge in [-0.05, 0) is 18.6 Å². The van der Waals surface area contributed by atoms with Crippen LogP contribution in [0.1, 0.15) is 12.0 Å². The molecule has 1 rings (SSSR count). The average Bonchev–Trinajstić information content (AvgIpc) is 2.10. The van der Waals surface area contributed by atoms with Crippen molar-refractivity contribution in [2.45, 2.75) is 13.3 Å². The quantitative estimate of drug-likeness (QED) is 0.468. The van der Waals surface area contributed by atoms with Crippen molar-refractivity contribution in [3.8, 4) is 5.75 Å². The molecule has 15 heavy (non-hydrogen) atoms. The van der Waals surface area contributed by atoms with Gasteiger partial charge in [0.15, 0.2) is 11.6 Å². The lowest BCUT2D eigenvalue weighted by Gasteiger charge is -2.06. The molecule has 0 saturated carbocycles. The first-order chi connectivity index (χ1) is 7.00. The zero-order valence-electron chi connectivity index (χ0n) is 7.99. The van der Waals surface area contributed by atoms with Gasteiger partial charge >= 0.3 is 11.9 Å². The Morgan fingerprint density at radius 3 is 2.67 bits per heavy atom. The van der Waals surface area contributed by atoms with E-state index in [1.54, 1.807) is 13.0 Å². The first kappa shape index (κ1) is 11.2. The van der Waals surface area contributed by atoms with Gasteiger partial charge in [-0.1, -0.05) is 12.1 Å². The van der Waals surface area contributed by atoms with Gasteiger partial charge < -0.3 is 9.84 Å². The molecule has 0 bridgehead atoms. The van der Waals surface area contributed by atoms with Crippen molar-refractivity contribution in [1.29, 1.82) is 0 Å². The second kappa shape index (κ2) is 4.54.